The maximum absolute atomic E-state index is 10.5. The Kier molecular flexibility index (Phi) is 5.51. The second kappa shape index (κ2) is 7.16. The smallest absolute Gasteiger partial charge is 0.142 e. The molecule has 2 aromatic carbocycles. The summed E-state index contributed by atoms with van der Waals surface area (Å²) in [4.78, 5) is 0. The largest absolute Gasteiger partial charge is 0.495 e. The lowest BCUT2D eigenvalue weighted by Gasteiger charge is -2.18. The van der Waals surface area contributed by atoms with Gasteiger partial charge in [0.05, 0.1) is 20.3 Å². The summed E-state index contributed by atoms with van der Waals surface area (Å²) < 4.78 is 11.3. The van der Waals surface area contributed by atoms with Crippen molar-refractivity contribution in [3.63, 3.8) is 0 Å². The third-order valence-corrected chi connectivity index (χ3v) is 4.18. The maximum atomic E-state index is 10.5. The molecule has 2 rings (SSSR count). The lowest BCUT2D eigenvalue weighted by atomic mass is 10.0. The molecule has 1 atom stereocenters. The van der Waals surface area contributed by atoms with Crippen LogP contribution in [0.3, 0.4) is 0 Å². The summed E-state index contributed by atoms with van der Waals surface area (Å²) in [6.07, 6.45) is -0.240. The molecule has 0 spiro atoms. The molecule has 0 aliphatic carbocycles. The van der Waals surface area contributed by atoms with E-state index in [1.54, 1.807) is 26.4 Å². The molecular formula is C16H16BrClO3. The maximum Gasteiger partial charge on any atom is 0.142 e. The minimum Gasteiger partial charge on any atom is -0.495 e. The fraction of sp³-hybridized carbons (Fsp3) is 0.250. The molecule has 112 valence electrons. The van der Waals surface area contributed by atoms with Crippen molar-refractivity contribution in [2.75, 3.05) is 14.2 Å². The third-order valence-electron chi connectivity index (χ3n) is 3.19. The minimum absolute atomic E-state index is 0.454. The van der Waals surface area contributed by atoms with E-state index in [1.165, 1.54) is 0 Å². The number of hydrogen-bond acceptors (Lipinski definition) is 3. The molecule has 0 heterocycles. The number of rotatable bonds is 5. The lowest BCUT2D eigenvalue weighted by Crippen LogP contribution is -2.05. The van der Waals surface area contributed by atoms with E-state index < -0.39 is 6.10 Å². The van der Waals surface area contributed by atoms with Gasteiger partial charge in [-0.3, -0.25) is 0 Å². The standard InChI is InChI=1S/C16H16BrClO3/c1-20-14-7-6-12(16(21-2)15(14)17)13(19)9-10-4-3-5-11(18)8-10/h3-8,13,19H,9H2,1-2H3. The van der Waals surface area contributed by atoms with Crippen LogP contribution in [0.4, 0.5) is 0 Å². The van der Waals surface area contributed by atoms with Crippen molar-refractivity contribution in [2.45, 2.75) is 12.5 Å². The van der Waals surface area contributed by atoms with E-state index in [2.05, 4.69) is 15.9 Å². The van der Waals surface area contributed by atoms with E-state index >= 15 is 0 Å². The summed E-state index contributed by atoms with van der Waals surface area (Å²) in [5.41, 5.74) is 1.66. The zero-order valence-corrected chi connectivity index (χ0v) is 14.1. The molecule has 0 fully saturated rings. The molecule has 0 saturated carbocycles. The van der Waals surface area contributed by atoms with E-state index in [9.17, 15) is 5.11 Å². The topological polar surface area (TPSA) is 38.7 Å². The predicted octanol–water partition coefficient (Wildman–Crippen LogP) is 4.40. The van der Waals surface area contributed by atoms with Crippen molar-refractivity contribution in [3.05, 3.63) is 57.0 Å². The van der Waals surface area contributed by atoms with Crippen molar-refractivity contribution in [1.29, 1.82) is 0 Å². The first-order valence-corrected chi connectivity index (χ1v) is 7.56. The molecule has 0 saturated heterocycles. The molecule has 2 aromatic rings. The average molecular weight is 372 g/mol. The monoisotopic (exact) mass is 370 g/mol. The highest BCUT2D eigenvalue weighted by atomic mass is 79.9. The van der Waals surface area contributed by atoms with Crippen molar-refractivity contribution in [1.82, 2.24) is 0 Å². The molecule has 0 aliphatic rings. The van der Waals surface area contributed by atoms with Crippen molar-refractivity contribution in [2.24, 2.45) is 0 Å². The van der Waals surface area contributed by atoms with Gasteiger partial charge in [0.2, 0.25) is 0 Å². The highest BCUT2D eigenvalue weighted by Gasteiger charge is 2.19. The summed E-state index contributed by atoms with van der Waals surface area (Å²) >= 11 is 9.40. The van der Waals surface area contributed by atoms with Crippen LogP contribution in [-0.4, -0.2) is 19.3 Å². The minimum atomic E-state index is -0.694. The average Bonchev–Trinajstić information content (AvgIpc) is 2.46. The number of halogens is 2. The van der Waals surface area contributed by atoms with Gasteiger partial charge in [0.15, 0.2) is 0 Å². The lowest BCUT2D eigenvalue weighted by molar-refractivity contribution is 0.173. The SMILES string of the molecule is COc1ccc(C(O)Cc2cccc(Cl)c2)c(OC)c1Br. The second-order valence-corrected chi connectivity index (χ2v) is 5.78. The van der Waals surface area contributed by atoms with Crippen LogP contribution in [0.5, 0.6) is 11.5 Å². The number of methoxy groups -OCH3 is 2. The number of ether oxygens (including phenoxy) is 2. The number of benzene rings is 2. The molecule has 5 heteroatoms. The molecule has 21 heavy (non-hydrogen) atoms. The summed E-state index contributed by atoms with van der Waals surface area (Å²) in [6, 6.07) is 11.0. The first kappa shape index (κ1) is 16.1. The van der Waals surface area contributed by atoms with E-state index in [-0.39, 0.29) is 0 Å². The molecule has 0 aromatic heterocycles. The van der Waals surface area contributed by atoms with Crippen LogP contribution in [-0.2, 0) is 6.42 Å². The van der Waals surface area contributed by atoms with E-state index in [1.807, 2.05) is 24.3 Å². The van der Waals surface area contributed by atoms with Gasteiger partial charge >= 0.3 is 0 Å². The van der Waals surface area contributed by atoms with E-state index in [0.29, 0.717) is 33.0 Å². The summed E-state index contributed by atoms with van der Waals surface area (Å²) in [7, 11) is 3.15. The molecule has 1 N–H and O–H groups in total. The number of hydrogen-bond donors (Lipinski definition) is 1. The fourth-order valence-electron chi connectivity index (χ4n) is 2.18. The Morgan fingerprint density at radius 1 is 1.19 bits per heavy atom. The summed E-state index contributed by atoms with van der Waals surface area (Å²) in [6.45, 7) is 0. The van der Waals surface area contributed by atoms with Crippen LogP contribution in [0.1, 0.15) is 17.2 Å². The van der Waals surface area contributed by atoms with Gasteiger partial charge in [-0.1, -0.05) is 23.7 Å². The highest BCUT2D eigenvalue weighted by Crippen LogP contribution is 2.40. The van der Waals surface area contributed by atoms with Crippen molar-refractivity contribution in [3.8, 4) is 11.5 Å². The summed E-state index contributed by atoms with van der Waals surface area (Å²) in [5.74, 6) is 1.23. The quantitative estimate of drug-likeness (QED) is 0.847. The molecular weight excluding hydrogens is 356 g/mol. The van der Waals surface area contributed by atoms with Gasteiger partial charge in [0.1, 0.15) is 16.0 Å². The van der Waals surface area contributed by atoms with Gasteiger partial charge in [-0.25, -0.2) is 0 Å². The van der Waals surface area contributed by atoms with Crippen LogP contribution in [0.2, 0.25) is 5.02 Å². The molecule has 0 amide bonds. The third kappa shape index (κ3) is 3.70. The van der Waals surface area contributed by atoms with Crippen molar-refractivity contribution < 1.29 is 14.6 Å². The first-order chi connectivity index (χ1) is 10.1. The van der Waals surface area contributed by atoms with Gasteiger partial charge < -0.3 is 14.6 Å². The zero-order chi connectivity index (χ0) is 15.4. The van der Waals surface area contributed by atoms with Crippen LogP contribution in [0.25, 0.3) is 0 Å². The fourth-order valence-corrected chi connectivity index (χ4v) is 3.08. The molecule has 0 bridgehead atoms. The molecule has 0 aliphatic heterocycles. The van der Waals surface area contributed by atoms with Crippen LogP contribution < -0.4 is 9.47 Å². The first-order valence-electron chi connectivity index (χ1n) is 6.39. The molecule has 3 nitrogen and oxygen atoms in total. The predicted molar refractivity (Wildman–Crippen MR) is 87.4 cm³/mol. The van der Waals surface area contributed by atoms with Gasteiger partial charge in [0.25, 0.3) is 0 Å². The Morgan fingerprint density at radius 3 is 2.57 bits per heavy atom. The summed E-state index contributed by atoms with van der Waals surface area (Å²) in [5, 5.41) is 11.1. The van der Waals surface area contributed by atoms with Gasteiger partial charge in [-0.2, -0.15) is 0 Å². The molecule has 0 radical (unpaired) electrons. The second-order valence-electron chi connectivity index (χ2n) is 4.55. The Hall–Kier alpha value is -1.23. The zero-order valence-electron chi connectivity index (χ0n) is 11.8. The van der Waals surface area contributed by atoms with Gasteiger partial charge in [-0.15, -0.1) is 0 Å². The number of aliphatic hydroxyl groups is 1. The van der Waals surface area contributed by atoms with Crippen molar-refractivity contribution >= 4 is 27.5 Å². The normalized spacial score (nSPS) is 12.0. The van der Waals surface area contributed by atoms with Gasteiger partial charge in [0, 0.05) is 17.0 Å². The van der Waals surface area contributed by atoms with Gasteiger partial charge in [-0.05, 0) is 45.8 Å². The molecule has 1 unspecified atom stereocenters. The highest BCUT2D eigenvalue weighted by molar-refractivity contribution is 9.10. The Bertz CT molecular complexity index is 631. The number of aliphatic hydroxyl groups excluding tert-OH is 1. The van der Waals surface area contributed by atoms with Crippen LogP contribution >= 0.6 is 27.5 Å². The van der Waals surface area contributed by atoms with Crippen LogP contribution in [0, 0.1) is 0 Å². The van der Waals surface area contributed by atoms with Crippen LogP contribution in [0.15, 0.2) is 40.9 Å². The van der Waals surface area contributed by atoms with E-state index in [4.69, 9.17) is 21.1 Å². The van der Waals surface area contributed by atoms with E-state index in [0.717, 1.165) is 5.56 Å². The Balaban J connectivity index is 2.30. The Labute approximate surface area is 137 Å². The Morgan fingerprint density at radius 2 is 1.95 bits per heavy atom.